The number of hydrogen-bond acceptors (Lipinski definition) is 4. The summed E-state index contributed by atoms with van der Waals surface area (Å²) in [6, 6.07) is 20.7. The average Bonchev–Trinajstić information content (AvgIpc) is 3.02. The fourth-order valence-corrected chi connectivity index (χ4v) is 8.73. The highest BCUT2D eigenvalue weighted by atomic mass is 28.4. The molecule has 0 amide bonds. The Morgan fingerprint density at radius 1 is 1.07 bits per heavy atom. The molecule has 1 aliphatic heterocycles. The summed E-state index contributed by atoms with van der Waals surface area (Å²) in [4.78, 5) is 0. The van der Waals surface area contributed by atoms with Crippen LogP contribution in [0.3, 0.4) is 0 Å². The molecule has 3 rings (SSSR count). The second kappa shape index (κ2) is 7.93. The normalized spacial score (nSPS) is 25.6. The van der Waals surface area contributed by atoms with Crippen LogP contribution in [-0.2, 0) is 13.9 Å². The summed E-state index contributed by atoms with van der Waals surface area (Å²) < 4.78 is 18.4. The third-order valence-corrected chi connectivity index (χ3v) is 10.5. The van der Waals surface area contributed by atoms with E-state index in [4.69, 9.17) is 13.9 Å². The van der Waals surface area contributed by atoms with Crippen LogP contribution < -0.4 is 10.4 Å². The highest BCUT2D eigenvalue weighted by molar-refractivity contribution is 6.99. The summed E-state index contributed by atoms with van der Waals surface area (Å²) in [5, 5.41) is 12.5. The molecule has 0 saturated carbocycles. The summed E-state index contributed by atoms with van der Waals surface area (Å²) in [7, 11) is -1.32. The Kier molecular flexibility index (Phi) is 5.94. The first-order valence-corrected chi connectivity index (χ1v) is 11.5. The van der Waals surface area contributed by atoms with Gasteiger partial charge in [-0.25, -0.2) is 0 Å². The highest BCUT2D eigenvalue weighted by Crippen LogP contribution is 2.43. The molecule has 1 fully saturated rings. The molecule has 2 aromatic rings. The van der Waals surface area contributed by atoms with Gasteiger partial charge in [-0.05, 0) is 21.5 Å². The van der Waals surface area contributed by atoms with Gasteiger partial charge in [0.25, 0.3) is 8.32 Å². The Balaban J connectivity index is 2.21. The van der Waals surface area contributed by atoms with Gasteiger partial charge < -0.3 is 19.0 Å². The van der Waals surface area contributed by atoms with Gasteiger partial charge in [-0.3, -0.25) is 0 Å². The Hall–Kier alpha value is -1.76. The summed E-state index contributed by atoms with van der Waals surface area (Å²) in [6.07, 6.45) is 0.422. The van der Waals surface area contributed by atoms with Crippen molar-refractivity contribution in [2.75, 3.05) is 7.11 Å². The van der Waals surface area contributed by atoms with Crippen LogP contribution in [0.4, 0.5) is 0 Å². The topological polar surface area (TPSA) is 47.9 Å². The number of ether oxygens (including phenoxy) is 2. The monoisotopic (exact) mass is 398 g/mol. The lowest BCUT2D eigenvalue weighted by Gasteiger charge is -2.47. The molecule has 5 heteroatoms. The SMILES string of the molecule is C=C[C@@]1(O[Si](c2ccccc2)(c2ccccc2)C(C)(C)C)C[C@@H](O)[C@@H](OC)O1. The van der Waals surface area contributed by atoms with Crippen molar-refractivity contribution < 1.29 is 19.0 Å². The van der Waals surface area contributed by atoms with Gasteiger partial charge in [0.2, 0.25) is 0 Å². The predicted molar refractivity (Wildman–Crippen MR) is 114 cm³/mol. The van der Waals surface area contributed by atoms with E-state index in [9.17, 15) is 5.11 Å². The van der Waals surface area contributed by atoms with E-state index in [0.717, 1.165) is 10.4 Å². The molecule has 1 aliphatic rings. The second-order valence-electron chi connectivity index (χ2n) is 8.27. The number of rotatable bonds is 6. The minimum Gasteiger partial charge on any atom is -0.388 e. The van der Waals surface area contributed by atoms with Crippen LogP contribution in [0, 0.1) is 0 Å². The summed E-state index contributed by atoms with van der Waals surface area (Å²) in [5.41, 5.74) is 0. The van der Waals surface area contributed by atoms with Crippen molar-refractivity contribution in [3.63, 3.8) is 0 Å². The molecular formula is C23H30O4Si. The zero-order valence-corrected chi connectivity index (χ0v) is 18.1. The van der Waals surface area contributed by atoms with Crippen LogP contribution in [0.1, 0.15) is 27.2 Å². The maximum atomic E-state index is 10.4. The van der Waals surface area contributed by atoms with Crippen LogP contribution in [0.15, 0.2) is 73.3 Å². The third kappa shape index (κ3) is 3.61. The Morgan fingerprint density at radius 2 is 1.57 bits per heavy atom. The minimum atomic E-state index is -2.84. The van der Waals surface area contributed by atoms with E-state index in [1.165, 1.54) is 7.11 Å². The fourth-order valence-electron chi connectivity index (χ4n) is 4.06. The first kappa shape index (κ1) is 21.0. The molecule has 0 bridgehead atoms. The molecule has 2 aromatic carbocycles. The van der Waals surface area contributed by atoms with Crippen LogP contribution in [0.25, 0.3) is 0 Å². The Labute approximate surface area is 168 Å². The van der Waals surface area contributed by atoms with Gasteiger partial charge in [-0.15, -0.1) is 0 Å². The molecule has 3 atom stereocenters. The number of methoxy groups -OCH3 is 1. The molecule has 0 aromatic heterocycles. The van der Waals surface area contributed by atoms with E-state index in [0.29, 0.717) is 0 Å². The quantitative estimate of drug-likeness (QED) is 0.600. The zero-order valence-electron chi connectivity index (χ0n) is 17.1. The van der Waals surface area contributed by atoms with Gasteiger partial charge in [-0.1, -0.05) is 88.0 Å². The minimum absolute atomic E-state index is 0.203. The smallest absolute Gasteiger partial charge is 0.265 e. The largest absolute Gasteiger partial charge is 0.388 e. The van der Waals surface area contributed by atoms with Gasteiger partial charge in [-0.2, -0.15) is 0 Å². The van der Waals surface area contributed by atoms with E-state index in [2.05, 4.69) is 51.6 Å². The molecule has 150 valence electrons. The molecule has 1 saturated heterocycles. The van der Waals surface area contributed by atoms with E-state index < -0.39 is 26.5 Å². The molecule has 0 unspecified atom stereocenters. The van der Waals surface area contributed by atoms with Crippen molar-refractivity contribution >= 4 is 18.7 Å². The van der Waals surface area contributed by atoms with Crippen molar-refractivity contribution in [3.05, 3.63) is 73.3 Å². The van der Waals surface area contributed by atoms with Gasteiger partial charge in [0.05, 0.1) is 0 Å². The number of benzene rings is 2. The molecule has 1 heterocycles. The van der Waals surface area contributed by atoms with Crippen molar-refractivity contribution in [2.24, 2.45) is 0 Å². The summed E-state index contributed by atoms with van der Waals surface area (Å²) in [5.74, 6) is -1.12. The van der Waals surface area contributed by atoms with Crippen LogP contribution >= 0.6 is 0 Å². The fraction of sp³-hybridized carbons (Fsp3) is 0.391. The standard InChI is InChI=1S/C23H30O4Si/c1-6-23(17-20(24)21(25-5)26-23)27-28(22(2,3)4,18-13-9-7-10-14-18)19-15-11-8-12-16-19/h6-16,20-21,24H,1,17H2,2-5H3/t20-,21+,23-/m1/s1. The van der Waals surface area contributed by atoms with Crippen molar-refractivity contribution in [2.45, 2.75) is 50.4 Å². The van der Waals surface area contributed by atoms with Gasteiger partial charge in [0.15, 0.2) is 12.1 Å². The second-order valence-corrected chi connectivity index (χ2v) is 12.5. The van der Waals surface area contributed by atoms with Gasteiger partial charge in [0, 0.05) is 13.5 Å². The van der Waals surface area contributed by atoms with Crippen LogP contribution in [-0.4, -0.2) is 38.7 Å². The maximum Gasteiger partial charge on any atom is 0.265 e. The number of hydrogen-bond donors (Lipinski definition) is 1. The molecule has 1 N–H and O–H groups in total. The Bertz CT molecular complexity index is 748. The van der Waals surface area contributed by atoms with Gasteiger partial charge in [0.1, 0.15) is 6.10 Å². The lowest BCUT2D eigenvalue weighted by atomic mass is 10.1. The first-order chi connectivity index (χ1) is 13.3. The molecule has 0 radical (unpaired) electrons. The van der Waals surface area contributed by atoms with Crippen LogP contribution in [0.2, 0.25) is 5.04 Å². The third-order valence-electron chi connectivity index (χ3n) is 5.41. The van der Waals surface area contributed by atoms with E-state index >= 15 is 0 Å². The zero-order chi connectivity index (χ0) is 20.4. The van der Waals surface area contributed by atoms with Crippen LogP contribution in [0.5, 0.6) is 0 Å². The van der Waals surface area contributed by atoms with Crippen molar-refractivity contribution in [3.8, 4) is 0 Å². The van der Waals surface area contributed by atoms with Crippen molar-refractivity contribution in [1.29, 1.82) is 0 Å². The number of aliphatic hydroxyl groups is 1. The molecule has 28 heavy (non-hydrogen) atoms. The summed E-state index contributed by atoms with van der Waals surface area (Å²) >= 11 is 0. The molecule has 0 spiro atoms. The maximum absolute atomic E-state index is 10.4. The first-order valence-electron chi connectivity index (χ1n) is 9.61. The van der Waals surface area contributed by atoms with Gasteiger partial charge >= 0.3 is 0 Å². The molecule has 4 nitrogen and oxygen atoms in total. The number of aliphatic hydroxyl groups excluding tert-OH is 1. The average molecular weight is 399 g/mol. The summed E-state index contributed by atoms with van der Waals surface area (Å²) in [6.45, 7) is 10.6. The highest BCUT2D eigenvalue weighted by Gasteiger charge is 2.57. The Morgan fingerprint density at radius 3 is 1.93 bits per heavy atom. The predicted octanol–water partition coefficient (Wildman–Crippen LogP) is 3.20. The van der Waals surface area contributed by atoms with E-state index in [-0.39, 0.29) is 11.5 Å². The van der Waals surface area contributed by atoms with E-state index in [1.807, 2.05) is 36.4 Å². The molecule has 0 aliphatic carbocycles. The van der Waals surface area contributed by atoms with E-state index in [1.54, 1.807) is 6.08 Å². The van der Waals surface area contributed by atoms with Crippen molar-refractivity contribution in [1.82, 2.24) is 0 Å². The lowest BCUT2D eigenvalue weighted by molar-refractivity contribution is -0.218. The lowest BCUT2D eigenvalue weighted by Crippen LogP contribution is -2.69. The molecular weight excluding hydrogens is 368 g/mol.